The molecule has 0 aromatic heterocycles. The number of primary amides is 1. The second kappa shape index (κ2) is 11.0. The minimum absolute atomic E-state index is 0.308. The van der Waals surface area contributed by atoms with Crippen LogP contribution in [0.4, 0.5) is 4.39 Å². The van der Waals surface area contributed by atoms with Gasteiger partial charge in [0.05, 0.1) is 13.0 Å². The Morgan fingerprint density at radius 1 is 1.21 bits per heavy atom. The summed E-state index contributed by atoms with van der Waals surface area (Å²) in [6.45, 7) is 3.03. The molecule has 7 heteroatoms. The smallest absolute Gasteiger partial charge is 0.222 e. The van der Waals surface area contributed by atoms with Crippen LogP contribution in [0.5, 0.6) is 5.75 Å². The summed E-state index contributed by atoms with van der Waals surface area (Å²) in [5.74, 6) is 0.283. The molecule has 156 valence electrons. The van der Waals surface area contributed by atoms with Crippen molar-refractivity contribution in [3.63, 3.8) is 0 Å². The maximum absolute atomic E-state index is 13.1. The maximum Gasteiger partial charge on any atom is 0.222 e. The Morgan fingerprint density at radius 2 is 1.93 bits per heavy atom. The van der Waals surface area contributed by atoms with Crippen LogP contribution in [0.2, 0.25) is 0 Å². The normalized spacial score (nSPS) is 12.3. The van der Waals surface area contributed by atoms with Gasteiger partial charge in [-0.15, -0.1) is 0 Å². The van der Waals surface area contributed by atoms with E-state index in [9.17, 15) is 9.18 Å². The third kappa shape index (κ3) is 7.10. The number of carbonyl (C=O) groups excluding carboxylic acids is 1. The lowest BCUT2D eigenvalue weighted by molar-refractivity contribution is -0.121. The molecule has 0 aliphatic heterocycles. The number of halogens is 1. The summed E-state index contributed by atoms with van der Waals surface area (Å²) in [5.41, 5.74) is 8.68. The van der Waals surface area contributed by atoms with Gasteiger partial charge in [0.25, 0.3) is 0 Å². The van der Waals surface area contributed by atoms with Crippen molar-refractivity contribution in [3.8, 4) is 5.75 Å². The highest BCUT2D eigenvalue weighted by Crippen LogP contribution is 2.19. The Kier molecular flexibility index (Phi) is 8.45. The molecule has 2 aromatic rings. The highest BCUT2D eigenvalue weighted by atomic mass is 19.1. The van der Waals surface area contributed by atoms with Crippen molar-refractivity contribution >= 4 is 11.9 Å². The number of hydrogen-bond donors (Lipinski definition) is 3. The van der Waals surface area contributed by atoms with Crippen LogP contribution in [-0.2, 0) is 17.6 Å². The van der Waals surface area contributed by atoms with E-state index in [1.807, 2.05) is 19.1 Å². The van der Waals surface area contributed by atoms with Gasteiger partial charge in [-0.3, -0.25) is 9.79 Å². The van der Waals surface area contributed by atoms with Gasteiger partial charge < -0.3 is 21.1 Å². The first-order valence-corrected chi connectivity index (χ1v) is 9.54. The van der Waals surface area contributed by atoms with Gasteiger partial charge in [-0.1, -0.05) is 29.8 Å². The molecule has 0 saturated heterocycles. The highest BCUT2D eigenvalue weighted by Gasteiger charge is 2.17. The van der Waals surface area contributed by atoms with Crippen molar-refractivity contribution in [2.24, 2.45) is 16.6 Å². The van der Waals surface area contributed by atoms with Crippen LogP contribution in [0.15, 0.2) is 47.5 Å². The van der Waals surface area contributed by atoms with Crippen LogP contribution < -0.4 is 21.1 Å². The molecular weight excluding hydrogens is 371 g/mol. The zero-order chi connectivity index (χ0) is 21.2. The van der Waals surface area contributed by atoms with Gasteiger partial charge in [-0.2, -0.15) is 0 Å². The van der Waals surface area contributed by atoms with E-state index in [2.05, 4.69) is 21.7 Å². The van der Waals surface area contributed by atoms with Crippen LogP contribution in [0.25, 0.3) is 0 Å². The summed E-state index contributed by atoms with van der Waals surface area (Å²) in [6.07, 6.45) is 1.19. The number of carbonyl (C=O) groups is 1. The van der Waals surface area contributed by atoms with Crippen LogP contribution in [0.3, 0.4) is 0 Å². The molecule has 0 heterocycles. The Labute approximate surface area is 171 Å². The van der Waals surface area contributed by atoms with E-state index in [1.54, 1.807) is 26.3 Å². The first-order chi connectivity index (χ1) is 13.9. The second-order valence-corrected chi connectivity index (χ2v) is 6.88. The first kappa shape index (κ1) is 22.2. The molecule has 0 aliphatic rings. The number of ether oxygens (including phenoxy) is 1. The number of aliphatic imine (C=N–C) groups is 1. The third-order valence-electron chi connectivity index (χ3n) is 4.66. The van der Waals surface area contributed by atoms with Gasteiger partial charge in [-0.05, 0) is 49.1 Å². The van der Waals surface area contributed by atoms with E-state index in [1.165, 1.54) is 17.7 Å². The molecule has 1 amide bonds. The molecule has 29 heavy (non-hydrogen) atoms. The molecule has 0 bridgehead atoms. The molecule has 2 aromatic carbocycles. The number of nitrogens with one attached hydrogen (secondary N) is 2. The molecule has 1 unspecified atom stereocenters. The number of amides is 1. The van der Waals surface area contributed by atoms with E-state index in [0.717, 1.165) is 23.3 Å². The average Bonchev–Trinajstić information content (AvgIpc) is 2.70. The zero-order valence-corrected chi connectivity index (χ0v) is 17.2. The Bertz CT molecular complexity index is 837. The second-order valence-electron chi connectivity index (χ2n) is 6.88. The molecule has 1 atom stereocenters. The molecular formula is C22H29FN4O2. The SMILES string of the molecule is CN=C(NCCc1cc(C)ccc1OC)NCC(Cc1ccc(F)cc1)C(N)=O. The summed E-state index contributed by atoms with van der Waals surface area (Å²) in [5, 5.41) is 6.38. The van der Waals surface area contributed by atoms with Crippen molar-refractivity contribution in [2.45, 2.75) is 19.8 Å². The number of methoxy groups -OCH3 is 1. The van der Waals surface area contributed by atoms with Gasteiger partial charge >= 0.3 is 0 Å². The molecule has 4 N–H and O–H groups in total. The lowest BCUT2D eigenvalue weighted by Gasteiger charge is -2.17. The zero-order valence-electron chi connectivity index (χ0n) is 17.2. The average molecular weight is 400 g/mol. The van der Waals surface area contributed by atoms with Crippen molar-refractivity contribution in [1.29, 1.82) is 0 Å². The summed E-state index contributed by atoms with van der Waals surface area (Å²) >= 11 is 0. The van der Waals surface area contributed by atoms with Crippen molar-refractivity contribution in [3.05, 3.63) is 65.0 Å². The van der Waals surface area contributed by atoms with E-state index >= 15 is 0 Å². The van der Waals surface area contributed by atoms with Crippen LogP contribution in [-0.4, -0.2) is 39.1 Å². The summed E-state index contributed by atoms with van der Waals surface area (Å²) in [4.78, 5) is 16.0. The standard InChI is InChI=1S/C22H29FN4O2/c1-15-4-9-20(29-3)17(12-15)10-11-26-22(25-2)27-14-18(21(24)28)13-16-5-7-19(23)8-6-16/h4-9,12,18H,10-11,13-14H2,1-3H3,(H2,24,28)(H2,25,26,27). The number of benzene rings is 2. The van der Waals surface area contributed by atoms with Crippen molar-refractivity contribution in [2.75, 3.05) is 27.2 Å². The number of nitrogens with two attached hydrogens (primary N) is 1. The molecule has 0 radical (unpaired) electrons. The number of rotatable bonds is 9. The first-order valence-electron chi connectivity index (χ1n) is 9.54. The Hall–Kier alpha value is -3.09. The van der Waals surface area contributed by atoms with Gasteiger partial charge in [0, 0.05) is 20.1 Å². The van der Waals surface area contributed by atoms with Gasteiger partial charge in [0.15, 0.2) is 5.96 Å². The molecule has 0 saturated carbocycles. The Balaban J connectivity index is 1.87. The number of hydrogen-bond acceptors (Lipinski definition) is 3. The lowest BCUT2D eigenvalue weighted by Crippen LogP contribution is -2.43. The minimum Gasteiger partial charge on any atom is -0.496 e. The summed E-state index contributed by atoms with van der Waals surface area (Å²) in [7, 11) is 3.33. The van der Waals surface area contributed by atoms with E-state index < -0.39 is 11.8 Å². The third-order valence-corrected chi connectivity index (χ3v) is 4.66. The topological polar surface area (TPSA) is 88.7 Å². The molecule has 0 aliphatic carbocycles. The van der Waals surface area contributed by atoms with Crippen LogP contribution in [0.1, 0.15) is 16.7 Å². The van der Waals surface area contributed by atoms with E-state index in [4.69, 9.17) is 10.5 Å². The van der Waals surface area contributed by atoms with Crippen molar-refractivity contribution < 1.29 is 13.9 Å². The van der Waals surface area contributed by atoms with Crippen LogP contribution >= 0.6 is 0 Å². The van der Waals surface area contributed by atoms with Gasteiger partial charge in [0.1, 0.15) is 11.6 Å². The summed E-state index contributed by atoms with van der Waals surface area (Å²) < 4.78 is 18.5. The quantitative estimate of drug-likeness (QED) is 0.445. The molecule has 0 fully saturated rings. The largest absolute Gasteiger partial charge is 0.496 e. The lowest BCUT2D eigenvalue weighted by atomic mass is 9.98. The fourth-order valence-corrected chi connectivity index (χ4v) is 3.04. The summed E-state index contributed by atoms with van der Waals surface area (Å²) in [6, 6.07) is 12.2. The molecule has 0 spiro atoms. The van der Waals surface area contributed by atoms with Gasteiger partial charge in [-0.25, -0.2) is 4.39 Å². The number of aryl methyl sites for hydroxylation is 1. The van der Waals surface area contributed by atoms with Crippen LogP contribution in [0, 0.1) is 18.7 Å². The number of nitrogens with zero attached hydrogens (tertiary/aromatic N) is 1. The van der Waals surface area contributed by atoms with E-state index in [0.29, 0.717) is 25.5 Å². The molecule has 2 rings (SSSR count). The maximum atomic E-state index is 13.1. The predicted molar refractivity (Wildman–Crippen MR) is 114 cm³/mol. The minimum atomic E-state index is -0.434. The van der Waals surface area contributed by atoms with E-state index in [-0.39, 0.29) is 5.82 Å². The number of guanidine groups is 1. The predicted octanol–water partition coefficient (Wildman–Crippen LogP) is 2.19. The fraction of sp³-hybridized carbons (Fsp3) is 0.364. The monoisotopic (exact) mass is 400 g/mol. The van der Waals surface area contributed by atoms with Crippen molar-refractivity contribution in [1.82, 2.24) is 10.6 Å². The Morgan fingerprint density at radius 3 is 2.55 bits per heavy atom. The fourth-order valence-electron chi connectivity index (χ4n) is 3.04. The molecule has 6 nitrogen and oxygen atoms in total. The van der Waals surface area contributed by atoms with Gasteiger partial charge in [0.2, 0.25) is 5.91 Å². The highest BCUT2D eigenvalue weighted by molar-refractivity contribution is 5.81.